The normalized spacial score (nSPS) is 31.1. The van der Waals surface area contributed by atoms with E-state index in [2.05, 4.69) is 49.3 Å². The molecule has 32 heavy (non-hydrogen) atoms. The Morgan fingerprint density at radius 2 is 0.906 bits per heavy atom. The molecule has 0 aromatic heterocycles. The molecular formula is C26H54O2S2Si2. The monoisotopic (exact) mass is 518 g/mol. The van der Waals surface area contributed by atoms with Crippen molar-refractivity contribution in [1.82, 2.24) is 0 Å². The quantitative estimate of drug-likeness (QED) is 0.108. The Hall–Kier alpha value is 1.05. The number of hydrogen-bond donors (Lipinski definition) is 0. The second-order valence-corrected chi connectivity index (χ2v) is 21.8. The van der Waals surface area contributed by atoms with Gasteiger partial charge in [0.15, 0.2) is 16.6 Å². The largest absolute Gasteiger partial charge is 0.417 e. The highest BCUT2D eigenvalue weighted by Crippen LogP contribution is 2.47. The van der Waals surface area contributed by atoms with Crippen LogP contribution in [-0.2, 0) is 8.85 Å². The summed E-state index contributed by atoms with van der Waals surface area (Å²) in [5.41, 5.74) is 0. The van der Waals surface area contributed by atoms with Gasteiger partial charge in [0.05, 0.1) is 0 Å². The molecule has 0 atom stereocenters. The maximum atomic E-state index is 6.66. The smallest absolute Gasteiger partial charge is 0.192 e. The summed E-state index contributed by atoms with van der Waals surface area (Å²) in [6.45, 7) is 11.3. The fourth-order valence-corrected chi connectivity index (χ4v) is 18.5. The van der Waals surface area contributed by atoms with Crippen molar-refractivity contribution in [2.75, 3.05) is 13.2 Å². The van der Waals surface area contributed by atoms with Crippen LogP contribution in [0.2, 0.25) is 36.3 Å². The van der Waals surface area contributed by atoms with E-state index in [-0.39, 0.29) is 0 Å². The van der Waals surface area contributed by atoms with E-state index < -0.39 is 16.6 Å². The van der Waals surface area contributed by atoms with Gasteiger partial charge in [-0.2, -0.15) is 0 Å². The predicted molar refractivity (Wildman–Crippen MR) is 153 cm³/mol. The third-order valence-electron chi connectivity index (χ3n) is 7.80. The molecule has 0 aromatic rings. The number of hydrogen-bond acceptors (Lipinski definition) is 4. The standard InChI is InChI=1S/C26H54O2S2Si2/c1-5-9-17-27-31(19-11-7-3)21-13-25(14-22-31)29-30-26-15-23-32(24-16-26,20-12-8-4)28-18-10-6-2/h25-26H,5-24H2,1-4H3. The average molecular weight is 519 g/mol. The number of unbranched alkanes of at least 4 members (excludes halogenated alkanes) is 4. The minimum Gasteiger partial charge on any atom is -0.417 e. The Morgan fingerprint density at radius 1 is 0.562 bits per heavy atom. The van der Waals surface area contributed by atoms with E-state index in [1.54, 1.807) is 0 Å². The second-order valence-electron chi connectivity index (χ2n) is 10.6. The van der Waals surface area contributed by atoms with Crippen LogP contribution in [0.15, 0.2) is 0 Å². The van der Waals surface area contributed by atoms with E-state index in [0.29, 0.717) is 0 Å². The molecule has 0 spiro atoms. The van der Waals surface area contributed by atoms with E-state index in [1.165, 1.54) is 113 Å². The summed E-state index contributed by atoms with van der Waals surface area (Å²) in [6.07, 6.45) is 16.1. The Labute approximate surface area is 211 Å². The van der Waals surface area contributed by atoms with Gasteiger partial charge in [-0.25, -0.2) is 0 Å². The van der Waals surface area contributed by atoms with E-state index in [9.17, 15) is 0 Å². The van der Waals surface area contributed by atoms with Crippen molar-refractivity contribution in [1.29, 1.82) is 0 Å². The summed E-state index contributed by atoms with van der Waals surface area (Å²) in [7, 11) is 1.64. The van der Waals surface area contributed by atoms with Gasteiger partial charge in [0.25, 0.3) is 0 Å². The molecule has 6 heteroatoms. The zero-order valence-electron chi connectivity index (χ0n) is 21.9. The summed E-state index contributed by atoms with van der Waals surface area (Å²) in [5.74, 6) is 0. The molecule has 0 radical (unpaired) electrons. The molecule has 2 saturated heterocycles. The van der Waals surface area contributed by atoms with Gasteiger partial charge in [0.1, 0.15) is 0 Å². The maximum Gasteiger partial charge on any atom is 0.192 e. The lowest BCUT2D eigenvalue weighted by molar-refractivity contribution is 0.282. The SMILES string of the molecule is CCCCO[Si]1(CCCC)CCC(SSC2CC[Si](CCCC)(OCCCC)CC2)CC1. The molecule has 0 aromatic carbocycles. The van der Waals surface area contributed by atoms with Crippen LogP contribution in [0, 0.1) is 0 Å². The van der Waals surface area contributed by atoms with Gasteiger partial charge in [0.2, 0.25) is 0 Å². The predicted octanol–water partition coefficient (Wildman–Crippen LogP) is 9.82. The van der Waals surface area contributed by atoms with Crippen LogP contribution in [0.5, 0.6) is 0 Å². The Morgan fingerprint density at radius 3 is 1.22 bits per heavy atom. The molecule has 2 aliphatic rings. The minimum atomic E-state index is -1.43. The van der Waals surface area contributed by atoms with Crippen molar-refractivity contribution in [2.24, 2.45) is 0 Å². The first-order chi connectivity index (χ1) is 15.6. The van der Waals surface area contributed by atoms with Gasteiger partial charge in [-0.05, 0) is 74.8 Å². The molecule has 0 amide bonds. The molecular weight excluding hydrogens is 465 g/mol. The van der Waals surface area contributed by atoms with E-state index in [1.807, 2.05) is 0 Å². The van der Waals surface area contributed by atoms with Crippen molar-refractivity contribution in [3.63, 3.8) is 0 Å². The summed E-state index contributed by atoms with van der Waals surface area (Å²) in [4.78, 5) is 0. The third-order valence-corrected chi connectivity index (χ3v) is 20.3. The second kappa shape index (κ2) is 16.7. The van der Waals surface area contributed by atoms with E-state index in [4.69, 9.17) is 8.85 Å². The average Bonchev–Trinajstić information content (AvgIpc) is 2.82. The van der Waals surface area contributed by atoms with Crippen LogP contribution in [-0.4, -0.2) is 40.3 Å². The van der Waals surface area contributed by atoms with Crippen molar-refractivity contribution in [3.8, 4) is 0 Å². The van der Waals surface area contributed by atoms with Gasteiger partial charge in [-0.1, -0.05) is 87.8 Å². The molecule has 2 fully saturated rings. The summed E-state index contributed by atoms with van der Waals surface area (Å²) in [6, 6.07) is 8.55. The third kappa shape index (κ3) is 10.4. The first-order valence-corrected chi connectivity index (χ1v) is 21.5. The van der Waals surface area contributed by atoms with E-state index >= 15 is 0 Å². The number of rotatable bonds is 17. The Balaban J connectivity index is 1.73. The fraction of sp³-hybridized carbons (Fsp3) is 1.00. The van der Waals surface area contributed by atoms with Gasteiger partial charge in [0, 0.05) is 23.7 Å². The van der Waals surface area contributed by atoms with Crippen LogP contribution >= 0.6 is 21.6 Å². The zero-order chi connectivity index (χ0) is 23.1. The Kier molecular flexibility index (Phi) is 15.3. The fourth-order valence-electron chi connectivity index (χ4n) is 5.38. The van der Waals surface area contributed by atoms with Crippen molar-refractivity contribution in [2.45, 2.75) is 152 Å². The van der Waals surface area contributed by atoms with Crippen molar-refractivity contribution < 1.29 is 8.85 Å². The zero-order valence-corrected chi connectivity index (χ0v) is 25.6. The molecule has 0 bridgehead atoms. The van der Waals surface area contributed by atoms with Crippen LogP contribution in [0.4, 0.5) is 0 Å². The molecule has 0 N–H and O–H groups in total. The molecule has 2 heterocycles. The topological polar surface area (TPSA) is 18.5 Å². The summed E-state index contributed by atoms with van der Waals surface area (Å²) < 4.78 is 13.3. The lowest BCUT2D eigenvalue weighted by Gasteiger charge is -2.39. The van der Waals surface area contributed by atoms with Crippen LogP contribution in [0.25, 0.3) is 0 Å². The van der Waals surface area contributed by atoms with Crippen molar-refractivity contribution >= 4 is 38.2 Å². The molecule has 190 valence electrons. The van der Waals surface area contributed by atoms with Gasteiger partial charge >= 0.3 is 0 Å². The maximum absolute atomic E-state index is 6.66. The molecule has 0 unspecified atom stereocenters. The van der Waals surface area contributed by atoms with Crippen molar-refractivity contribution in [3.05, 3.63) is 0 Å². The summed E-state index contributed by atoms with van der Waals surface area (Å²) in [5, 5.41) is 1.75. The first-order valence-electron chi connectivity index (χ1n) is 14.2. The van der Waals surface area contributed by atoms with Crippen LogP contribution < -0.4 is 0 Å². The highest BCUT2D eigenvalue weighted by Gasteiger charge is 2.41. The molecule has 2 aliphatic heterocycles. The van der Waals surface area contributed by atoms with Crippen LogP contribution in [0.1, 0.15) is 105 Å². The van der Waals surface area contributed by atoms with Gasteiger partial charge in [-0.15, -0.1) is 0 Å². The lowest BCUT2D eigenvalue weighted by Crippen LogP contribution is -2.43. The van der Waals surface area contributed by atoms with Crippen LogP contribution in [0.3, 0.4) is 0 Å². The molecule has 0 aliphatic carbocycles. The van der Waals surface area contributed by atoms with E-state index in [0.717, 1.165) is 23.7 Å². The highest BCUT2D eigenvalue weighted by molar-refractivity contribution is 8.77. The van der Waals surface area contributed by atoms with Gasteiger partial charge < -0.3 is 8.85 Å². The highest BCUT2D eigenvalue weighted by atomic mass is 33.1. The first kappa shape index (κ1) is 29.3. The summed E-state index contributed by atoms with van der Waals surface area (Å²) >= 11 is 0. The molecule has 2 rings (SSSR count). The molecule has 0 saturated carbocycles. The minimum absolute atomic E-state index is 0.877. The van der Waals surface area contributed by atoms with Gasteiger partial charge in [-0.3, -0.25) is 0 Å². The Bertz CT molecular complexity index is 423. The molecule has 2 nitrogen and oxygen atoms in total. The lowest BCUT2D eigenvalue weighted by atomic mass is 10.2.